The SMILES string of the molecule is Cc1ccc(-c2nnc(CCC(=O)N(C)CCOc3ccccc3Cl)o2)cc1. The Morgan fingerprint density at radius 2 is 1.89 bits per heavy atom. The van der Waals surface area contributed by atoms with Gasteiger partial charge in [0.25, 0.3) is 0 Å². The normalized spacial score (nSPS) is 10.7. The van der Waals surface area contributed by atoms with E-state index in [1.54, 1.807) is 24.1 Å². The van der Waals surface area contributed by atoms with E-state index in [-0.39, 0.29) is 12.3 Å². The zero-order valence-corrected chi connectivity index (χ0v) is 16.6. The molecule has 0 radical (unpaired) electrons. The molecule has 0 aliphatic carbocycles. The van der Waals surface area contributed by atoms with Gasteiger partial charge in [-0.25, -0.2) is 0 Å². The lowest BCUT2D eigenvalue weighted by atomic mass is 10.1. The molecular formula is C21H22ClN3O3. The first-order chi connectivity index (χ1) is 13.5. The quantitative estimate of drug-likeness (QED) is 0.568. The number of ether oxygens (including phenoxy) is 1. The molecule has 0 N–H and O–H groups in total. The van der Waals surface area contributed by atoms with Crippen LogP contribution in [0.4, 0.5) is 0 Å². The highest BCUT2D eigenvalue weighted by Crippen LogP contribution is 2.23. The van der Waals surface area contributed by atoms with Crippen LogP contribution in [0.15, 0.2) is 52.9 Å². The molecule has 0 atom stereocenters. The number of rotatable bonds is 8. The van der Waals surface area contributed by atoms with Crippen LogP contribution in [0.1, 0.15) is 17.9 Å². The molecule has 0 saturated carbocycles. The molecule has 0 aliphatic rings. The number of carbonyl (C=O) groups excluding carboxylic acids is 1. The van der Waals surface area contributed by atoms with Crippen LogP contribution in [0.5, 0.6) is 5.75 Å². The lowest BCUT2D eigenvalue weighted by Crippen LogP contribution is -2.31. The Bertz CT molecular complexity index is 925. The molecule has 1 aromatic heterocycles. The van der Waals surface area contributed by atoms with Crippen LogP contribution in [-0.4, -0.2) is 41.2 Å². The van der Waals surface area contributed by atoms with E-state index >= 15 is 0 Å². The number of amides is 1. The molecule has 146 valence electrons. The minimum Gasteiger partial charge on any atom is -0.490 e. The summed E-state index contributed by atoms with van der Waals surface area (Å²) in [5.74, 6) is 1.51. The summed E-state index contributed by atoms with van der Waals surface area (Å²) >= 11 is 6.04. The van der Waals surface area contributed by atoms with E-state index in [4.69, 9.17) is 20.8 Å². The molecule has 28 heavy (non-hydrogen) atoms. The van der Waals surface area contributed by atoms with Gasteiger partial charge in [-0.1, -0.05) is 41.4 Å². The van der Waals surface area contributed by atoms with E-state index in [1.807, 2.05) is 43.3 Å². The summed E-state index contributed by atoms with van der Waals surface area (Å²) < 4.78 is 11.3. The summed E-state index contributed by atoms with van der Waals surface area (Å²) in [4.78, 5) is 13.9. The fourth-order valence-electron chi connectivity index (χ4n) is 2.55. The zero-order valence-electron chi connectivity index (χ0n) is 15.9. The largest absolute Gasteiger partial charge is 0.490 e. The van der Waals surface area contributed by atoms with Crippen LogP contribution in [0.3, 0.4) is 0 Å². The second-order valence-corrected chi connectivity index (χ2v) is 6.87. The van der Waals surface area contributed by atoms with Crippen molar-refractivity contribution >= 4 is 17.5 Å². The smallest absolute Gasteiger partial charge is 0.247 e. The van der Waals surface area contributed by atoms with Gasteiger partial charge in [0.15, 0.2) is 0 Å². The van der Waals surface area contributed by atoms with Gasteiger partial charge in [0.05, 0.1) is 11.6 Å². The van der Waals surface area contributed by atoms with Gasteiger partial charge in [-0.15, -0.1) is 10.2 Å². The van der Waals surface area contributed by atoms with E-state index in [2.05, 4.69) is 10.2 Å². The first kappa shape index (κ1) is 19.9. The summed E-state index contributed by atoms with van der Waals surface area (Å²) in [7, 11) is 1.74. The highest BCUT2D eigenvalue weighted by atomic mass is 35.5. The highest BCUT2D eigenvalue weighted by Gasteiger charge is 2.13. The molecule has 0 fully saturated rings. The predicted octanol–water partition coefficient (Wildman–Crippen LogP) is 4.17. The van der Waals surface area contributed by atoms with Crippen LogP contribution in [0, 0.1) is 6.92 Å². The summed E-state index contributed by atoms with van der Waals surface area (Å²) in [6.45, 7) is 2.84. The molecule has 0 bridgehead atoms. The molecule has 0 unspecified atom stereocenters. The Hall–Kier alpha value is -2.86. The third-order valence-corrected chi connectivity index (χ3v) is 4.58. The summed E-state index contributed by atoms with van der Waals surface area (Å²) in [5, 5.41) is 8.64. The van der Waals surface area contributed by atoms with Crippen molar-refractivity contribution in [3.05, 3.63) is 65.0 Å². The Morgan fingerprint density at radius 1 is 1.14 bits per heavy atom. The number of likely N-dealkylation sites (N-methyl/N-ethyl adjacent to an activating group) is 1. The topological polar surface area (TPSA) is 68.5 Å². The average Bonchev–Trinajstić information content (AvgIpc) is 3.17. The maximum absolute atomic E-state index is 12.3. The minimum absolute atomic E-state index is 0.0159. The van der Waals surface area contributed by atoms with Crippen molar-refractivity contribution in [3.63, 3.8) is 0 Å². The van der Waals surface area contributed by atoms with E-state index in [1.165, 1.54) is 0 Å². The van der Waals surface area contributed by atoms with Crippen LogP contribution < -0.4 is 4.74 Å². The molecule has 0 spiro atoms. The number of hydrogen-bond donors (Lipinski definition) is 0. The first-order valence-corrected chi connectivity index (χ1v) is 9.41. The number of aromatic nitrogens is 2. The van der Waals surface area contributed by atoms with Crippen molar-refractivity contribution in [2.75, 3.05) is 20.2 Å². The Balaban J connectivity index is 1.44. The van der Waals surface area contributed by atoms with E-state index in [9.17, 15) is 4.79 Å². The number of hydrogen-bond acceptors (Lipinski definition) is 5. The molecule has 0 aliphatic heterocycles. The Morgan fingerprint density at radius 3 is 2.64 bits per heavy atom. The maximum atomic E-state index is 12.3. The van der Waals surface area contributed by atoms with Crippen molar-refractivity contribution < 1.29 is 13.9 Å². The van der Waals surface area contributed by atoms with Gasteiger partial charge in [-0.2, -0.15) is 0 Å². The number of nitrogens with zero attached hydrogens (tertiary/aromatic N) is 3. The third kappa shape index (κ3) is 5.33. The van der Waals surface area contributed by atoms with Crippen LogP contribution in [-0.2, 0) is 11.2 Å². The van der Waals surface area contributed by atoms with Crippen molar-refractivity contribution in [1.82, 2.24) is 15.1 Å². The van der Waals surface area contributed by atoms with Crippen molar-refractivity contribution in [2.24, 2.45) is 0 Å². The van der Waals surface area contributed by atoms with Gasteiger partial charge in [-0.3, -0.25) is 4.79 Å². The standard InChI is InChI=1S/C21H22ClN3O3/c1-15-7-9-16(10-8-15)21-24-23-19(28-21)11-12-20(26)25(2)13-14-27-18-6-4-3-5-17(18)22/h3-10H,11-14H2,1-2H3. The van der Waals surface area contributed by atoms with Gasteiger partial charge in [0.1, 0.15) is 12.4 Å². The summed E-state index contributed by atoms with van der Waals surface area (Å²) in [5.41, 5.74) is 2.03. The molecule has 2 aromatic carbocycles. The molecule has 1 heterocycles. The molecule has 7 heteroatoms. The van der Waals surface area contributed by atoms with E-state index < -0.39 is 0 Å². The van der Waals surface area contributed by atoms with Gasteiger partial charge in [-0.05, 0) is 31.2 Å². The summed E-state index contributed by atoms with van der Waals surface area (Å²) in [6.07, 6.45) is 0.686. The van der Waals surface area contributed by atoms with Gasteiger partial charge in [0, 0.05) is 25.5 Å². The fourth-order valence-corrected chi connectivity index (χ4v) is 2.74. The van der Waals surface area contributed by atoms with Gasteiger partial charge >= 0.3 is 0 Å². The highest BCUT2D eigenvalue weighted by molar-refractivity contribution is 6.32. The van der Waals surface area contributed by atoms with Crippen LogP contribution in [0.2, 0.25) is 5.02 Å². The van der Waals surface area contributed by atoms with E-state index in [0.29, 0.717) is 42.1 Å². The van der Waals surface area contributed by atoms with Crippen molar-refractivity contribution in [3.8, 4) is 17.2 Å². The number of para-hydroxylation sites is 1. The second kappa shape index (κ2) is 9.37. The third-order valence-electron chi connectivity index (χ3n) is 4.26. The number of aryl methyl sites for hydroxylation is 2. The van der Waals surface area contributed by atoms with Crippen LogP contribution >= 0.6 is 11.6 Å². The molecule has 3 rings (SSSR count). The molecule has 1 amide bonds. The second-order valence-electron chi connectivity index (χ2n) is 6.46. The molecule has 3 aromatic rings. The van der Waals surface area contributed by atoms with Gasteiger partial charge in [0.2, 0.25) is 17.7 Å². The molecule has 0 saturated heterocycles. The Labute approximate surface area is 169 Å². The average molecular weight is 400 g/mol. The zero-order chi connectivity index (χ0) is 19.9. The minimum atomic E-state index is -0.0159. The number of halogens is 1. The molecular weight excluding hydrogens is 378 g/mol. The number of carbonyl (C=O) groups is 1. The first-order valence-electron chi connectivity index (χ1n) is 9.03. The van der Waals surface area contributed by atoms with Crippen molar-refractivity contribution in [2.45, 2.75) is 19.8 Å². The predicted molar refractivity (Wildman–Crippen MR) is 107 cm³/mol. The fraction of sp³-hybridized carbons (Fsp3) is 0.286. The Kier molecular flexibility index (Phi) is 6.66. The summed E-state index contributed by atoms with van der Waals surface area (Å²) in [6, 6.07) is 15.1. The van der Waals surface area contributed by atoms with Crippen molar-refractivity contribution in [1.29, 1.82) is 0 Å². The number of benzene rings is 2. The van der Waals surface area contributed by atoms with Gasteiger partial charge < -0.3 is 14.1 Å². The molecule has 6 nitrogen and oxygen atoms in total. The lowest BCUT2D eigenvalue weighted by Gasteiger charge is -2.17. The van der Waals surface area contributed by atoms with E-state index in [0.717, 1.165) is 11.1 Å². The monoisotopic (exact) mass is 399 g/mol. The van der Waals surface area contributed by atoms with Crippen LogP contribution in [0.25, 0.3) is 11.5 Å². The maximum Gasteiger partial charge on any atom is 0.247 e. The lowest BCUT2D eigenvalue weighted by molar-refractivity contribution is -0.130.